The minimum absolute atomic E-state index is 0.0153. The van der Waals surface area contributed by atoms with Crippen molar-refractivity contribution in [3.63, 3.8) is 0 Å². The average molecular weight is 382 g/mol. The molecular formula is C17H17Cl2N3O3. The maximum Gasteiger partial charge on any atom is 0.319 e. The van der Waals surface area contributed by atoms with E-state index in [1.165, 1.54) is 7.11 Å². The fraction of sp³-hybridized carbons (Fsp3) is 0.353. The molecule has 2 aromatic rings. The van der Waals surface area contributed by atoms with Crippen molar-refractivity contribution in [3.8, 4) is 11.9 Å². The van der Waals surface area contributed by atoms with E-state index >= 15 is 0 Å². The standard InChI is InChI=1S/C17H17Cl2N3O3/c1-24-17-20-7-4-15(21-17)25-12-5-8-22(9-6-12)16(23)13-10-11(18)2-3-14(13)19/h2-4,7,10,12H,5-6,8-9H2,1H3. The molecule has 0 saturated carbocycles. The zero-order valence-corrected chi connectivity index (χ0v) is 15.1. The van der Waals surface area contributed by atoms with E-state index < -0.39 is 0 Å². The Kier molecular flexibility index (Phi) is 5.60. The number of rotatable bonds is 4. The molecule has 8 heteroatoms. The predicted molar refractivity (Wildman–Crippen MR) is 94.6 cm³/mol. The lowest BCUT2D eigenvalue weighted by Gasteiger charge is -2.32. The highest BCUT2D eigenvalue weighted by atomic mass is 35.5. The van der Waals surface area contributed by atoms with Crippen LogP contribution in [-0.2, 0) is 0 Å². The fourth-order valence-corrected chi connectivity index (χ4v) is 3.04. The van der Waals surface area contributed by atoms with Crippen LogP contribution in [0.15, 0.2) is 30.5 Å². The molecule has 25 heavy (non-hydrogen) atoms. The first kappa shape index (κ1) is 17.8. The van der Waals surface area contributed by atoms with Gasteiger partial charge in [-0.2, -0.15) is 4.98 Å². The fourth-order valence-electron chi connectivity index (χ4n) is 2.67. The molecule has 0 bridgehead atoms. The lowest BCUT2D eigenvalue weighted by atomic mass is 10.1. The Morgan fingerprint density at radius 1 is 1.24 bits per heavy atom. The zero-order valence-electron chi connectivity index (χ0n) is 13.6. The number of carbonyl (C=O) groups is 1. The van der Waals surface area contributed by atoms with Gasteiger partial charge in [0.1, 0.15) is 6.10 Å². The molecule has 0 atom stereocenters. The molecule has 1 fully saturated rings. The van der Waals surface area contributed by atoms with E-state index in [-0.39, 0.29) is 18.0 Å². The van der Waals surface area contributed by atoms with Gasteiger partial charge in [-0.15, -0.1) is 0 Å². The molecule has 1 aromatic carbocycles. The molecule has 1 amide bonds. The topological polar surface area (TPSA) is 64.6 Å². The highest BCUT2D eigenvalue weighted by Gasteiger charge is 2.26. The Hall–Kier alpha value is -2.05. The van der Waals surface area contributed by atoms with Gasteiger partial charge < -0.3 is 14.4 Å². The number of amides is 1. The molecular weight excluding hydrogens is 365 g/mol. The number of hydrogen-bond acceptors (Lipinski definition) is 5. The Bertz CT molecular complexity index is 765. The third kappa shape index (κ3) is 4.32. The van der Waals surface area contributed by atoms with Crippen molar-refractivity contribution in [1.82, 2.24) is 14.9 Å². The van der Waals surface area contributed by atoms with Gasteiger partial charge in [-0.3, -0.25) is 4.79 Å². The van der Waals surface area contributed by atoms with Crippen molar-refractivity contribution in [2.45, 2.75) is 18.9 Å². The lowest BCUT2D eigenvalue weighted by molar-refractivity contribution is 0.0587. The Morgan fingerprint density at radius 3 is 2.72 bits per heavy atom. The van der Waals surface area contributed by atoms with Gasteiger partial charge in [0.05, 0.1) is 17.7 Å². The monoisotopic (exact) mass is 381 g/mol. The van der Waals surface area contributed by atoms with Gasteiger partial charge >= 0.3 is 6.01 Å². The van der Waals surface area contributed by atoms with Crippen LogP contribution in [0.4, 0.5) is 0 Å². The summed E-state index contributed by atoms with van der Waals surface area (Å²) in [6.07, 6.45) is 2.98. The van der Waals surface area contributed by atoms with Crippen LogP contribution in [0.3, 0.4) is 0 Å². The number of piperidine rings is 1. The highest BCUT2D eigenvalue weighted by Crippen LogP contribution is 2.24. The molecule has 0 spiro atoms. The van der Waals surface area contributed by atoms with Crippen molar-refractivity contribution in [2.75, 3.05) is 20.2 Å². The maximum absolute atomic E-state index is 12.6. The summed E-state index contributed by atoms with van der Waals surface area (Å²) in [7, 11) is 1.50. The molecule has 0 unspecified atom stereocenters. The highest BCUT2D eigenvalue weighted by molar-refractivity contribution is 6.35. The van der Waals surface area contributed by atoms with Crippen molar-refractivity contribution in [3.05, 3.63) is 46.1 Å². The SMILES string of the molecule is COc1nccc(OC2CCN(C(=O)c3cc(Cl)ccc3Cl)CC2)n1. The number of benzene rings is 1. The largest absolute Gasteiger partial charge is 0.474 e. The van der Waals surface area contributed by atoms with E-state index in [2.05, 4.69) is 9.97 Å². The first-order chi connectivity index (χ1) is 12.1. The number of hydrogen-bond donors (Lipinski definition) is 0. The summed E-state index contributed by atoms with van der Waals surface area (Å²) < 4.78 is 10.8. The van der Waals surface area contributed by atoms with E-state index in [0.29, 0.717) is 47.4 Å². The number of aromatic nitrogens is 2. The van der Waals surface area contributed by atoms with Crippen LogP contribution in [0.25, 0.3) is 0 Å². The second-order valence-electron chi connectivity index (χ2n) is 5.62. The lowest BCUT2D eigenvalue weighted by Crippen LogP contribution is -2.42. The first-order valence-corrected chi connectivity index (χ1v) is 8.60. The number of methoxy groups -OCH3 is 1. The average Bonchev–Trinajstić information content (AvgIpc) is 2.64. The third-order valence-corrected chi connectivity index (χ3v) is 4.53. The van der Waals surface area contributed by atoms with Crippen LogP contribution in [0.1, 0.15) is 23.2 Å². The molecule has 0 radical (unpaired) electrons. The van der Waals surface area contributed by atoms with Crippen LogP contribution >= 0.6 is 23.2 Å². The van der Waals surface area contributed by atoms with Gasteiger partial charge in [0.15, 0.2) is 0 Å². The van der Waals surface area contributed by atoms with Gasteiger partial charge in [0.2, 0.25) is 5.88 Å². The summed E-state index contributed by atoms with van der Waals surface area (Å²) in [6.45, 7) is 1.16. The van der Waals surface area contributed by atoms with Gasteiger partial charge in [0.25, 0.3) is 5.91 Å². The number of nitrogens with zero attached hydrogens (tertiary/aromatic N) is 3. The predicted octanol–water partition coefficient (Wildman–Crippen LogP) is 3.48. The first-order valence-electron chi connectivity index (χ1n) is 7.85. The smallest absolute Gasteiger partial charge is 0.319 e. The van der Waals surface area contributed by atoms with Crippen LogP contribution in [0.2, 0.25) is 10.0 Å². The number of carbonyl (C=O) groups excluding carboxylic acids is 1. The molecule has 6 nitrogen and oxygen atoms in total. The summed E-state index contributed by atoms with van der Waals surface area (Å²) in [6, 6.07) is 6.85. The Balaban J connectivity index is 1.59. The van der Waals surface area contributed by atoms with Gasteiger partial charge in [-0.1, -0.05) is 23.2 Å². The summed E-state index contributed by atoms with van der Waals surface area (Å²) >= 11 is 12.1. The Morgan fingerprint density at radius 2 is 2.00 bits per heavy atom. The van der Waals surface area contributed by atoms with E-state index in [4.69, 9.17) is 32.7 Å². The summed E-state index contributed by atoms with van der Waals surface area (Å²) in [4.78, 5) is 22.5. The molecule has 3 rings (SSSR count). The van der Waals surface area contributed by atoms with Crippen LogP contribution in [-0.4, -0.2) is 47.1 Å². The molecule has 1 saturated heterocycles. The number of halogens is 2. The normalized spacial score (nSPS) is 15.1. The van der Waals surface area contributed by atoms with Crippen LogP contribution in [0, 0.1) is 0 Å². The zero-order chi connectivity index (χ0) is 17.8. The number of ether oxygens (including phenoxy) is 2. The van der Waals surface area contributed by atoms with Crippen molar-refractivity contribution in [1.29, 1.82) is 0 Å². The van der Waals surface area contributed by atoms with E-state index in [1.807, 2.05) is 0 Å². The second-order valence-corrected chi connectivity index (χ2v) is 6.46. The number of likely N-dealkylation sites (tertiary alicyclic amines) is 1. The van der Waals surface area contributed by atoms with E-state index in [0.717, 1.165) is 0 Å². The minimum Gasteiger partial charge on any atom is -0.474 e. The molecule has 2 heterocycles. The second kappa shape index (κ2) is 7.89. The van der Waals surface area contributed by atoms with Crippen LogP contribution < -0.4 is 9.47 Å². The molecule has 1 aromatic heterocycles. The molecule has 0 N–H and O–H groups in total. The van der Waals surface area contributed by atoms with Crippen molar-refractivity contribution in [2.24, 2.45) is 0 Å². The molecule has 1 aliphatic heterocycles. The molecule has 1 aliphatic rings. The Labute approximate surface area is 155 Å². The van der Waals surface area contributed by atoms with E-state index in [9.17, 15) is 4.79 Å². The summed E-state index contributed by atoms with van der Waals surface area (Å²) in [5.74, 6) is 0.351. The van der Waals surface area contributed by atoms with Gasteiger partial charge in [0, 0.05) is 43.2 Å². The molecule has 132 valence electrons. The minimum atomic E-state index is -0.116. The van der Waals surface area contributed by atoms with Crippen molar-refractivity contribution >= 4 is 29.1 Å². The summed E-state index contributed by atoms with van der Waals surface area (Å²) in [5.41, 5.74) is 0.425. The quantitative estimate of drug-likeness (QED) is 0.810. The summed E-state index contributed by atoms with van der Waals surface area (Å²) in [5, 5.41) is 0.893. The third-order valence-electron chi connectivity index (χ3n) is 3.97. The van der Waals surface area contributed by atoms with Crippen LogP contribution in [0.5, 0.6) is 11.9 Å². The maximum atomic E-state index is 12.6. The van der Waals surface area contributed by atoms with Crippen molar-refractivity contribution < 1.29 is 14.3 Å². The molecule has 0 aliphatic carbocycles. The van der Waals surface area contributed by atoms with Gasteiger partial charge in [-0.25, -0.2) is 4.98 Å². The van der Waals surface area contributed by atoms with Gasteiger partial charge in [-0.05, 0) is 18.2 Å². The van der Waals surface area contributed by atoms with E-state index in [1.54, 1.807) is 35.4 Å².